The Morgan fingerprint density at radius 1 is 0.828 bits per heavy atom. The van der Waals surface area contributed by atoms with Crippen molar-refractivity contribution in [2.45, 2.75) is 6.40 Å². The van der Waals surface area contributed by atoms with E-state index in [4.69, 9.17) is 31.3 Å². The smallest absolute Gasteiger partial charge is 0.163 e. The van der Waals surface area contributed by atoms with Crippen molar-refractivity contribution in [3.8, 4) is 23.0 Å². The summed E-state index contributed by atoms with van der Waals surface area (Å²) in [6, 6.07) is 6.47. The fourth-order valence-electron chi connectivity index (χ4n) is 2.23. The Morgan fingerprint density at radius 2 is 1.28 bits per heavy atom. The number of ether oxygens (including phenoxy) is 4. The summed E-state index contributed by atoms with van der Waals surface area (Å²) in [4.78, 5) is 25.1. The Hall–Kier alpha value is -3.54. The van der Waals surface area contributed by atoms with E-state index in [0.717, 1.165) is 12.2 Å². The summed E-state index contributed by atoms with van der Waals surface area (Å²) >= 11 is 0. The molecule has 0 aliphatic rings. The zero-order valence-electron chi connectivity index (χ0n) is 24.6. The minimum Gasteiger partial charge on any atom is -0.493 e. The summed E-state index contributed by atoms with van der Waals surface area (Å²) in [5.74, 6) is -2.47. The Balaban J connectivity index is 2.22. The number of carbonyl (C=O) groups excluding carboxylic acids is 2. The predicted octanol–water partition coefficient (Wildman–Crippen LogP) is 3.98. The van der Waals surface area contributed by atoms with Crippen molar-refractivity contribution in [3.63, 3.8) is 0 Å². The third kappa shape index (κ3) is 6.24. The SMILES string of the molecule is [2H]/C(=C\c1ccc(OC([2H])([2H])[2H])c(OC)c1)C(=O)C([2H])C(=O)/C([2H])=C/c1ccc(OC([2H])([2H])[2H])c(OC)c1. The maximum atomic E-state index is 12.5. The lowest BCUT2D eigenvalue weighted by Gasteiger charge is -2.07. The predicted molar refractivity (Wildman–Crippen MR) is 112 cm³/mol. The van der Waals surface area contributed by atoms with Gasteiger partial charge in [0.2, 0.25) is 0 Å². The van der Waals surface area contributed by atoms with Gasteiger partial charge in [0.25, 0.3) is 0 Å². The van der Waals surface area contributed by atoms with Crippen LogP contribution in [0.3, 0.4) is 0 Å². The summed E-state index contributed by atoms with van der Waals surface area (Å²) < 4.78 is 86.8. The molecule has 0 atom stereocenters. The van der Waals surface area contributed by atoms with Gasteiger partial charge in [-0.15, -0.1) is 0 Å². The molecule has 0 N–H and O–H groups in total. The summed E-state index contributed by atoms with van der Waals surface area (Å²) in [6.07, 6.45) is 0.0176. The molecule has 29 heavy (non-hydrogen) atoms. The molecule has 6 nitrogen and oxygen atoms in total. The van der Waals surface area contributed by atoms with Crippen LogP contribution in [-0.2, 0) is 9.59 Å². The van der Waals surface area contributed by atoms with E-state index in [1.54, 1.807) is 0 Å². The first kappa shape index (κ1) is 12.1. The zero-order valence-corrected chi connectivity index (χ0v) is 15.6. The number of benzene rings is 2. The second kappa shape index (κ2) is 10.7. The van der Waals surface area contributed by atoms with Crippen molar-refractivity contribution in [2.24, 2.45) is 0 Å². The van der Waals surface area contributed by atoms with Gasteiger partial charge in [0.15, 0.2) is 34.6 Å². The summed E-state index contributed by atoms with van der Waals surface area (Å²) in [5, 5.41) is 0. The van der Waals surface area contributed by atoms with E-state index >= 15 is 0 Å². The maximum Gasteiger partial charge on any atom is 0.163 e. The zero-order chi connectivity index (χ0) is 28.8. The third-order valence-electron chi connectivity index (χ3n) is 3.62. The third-order valence-corrected chi connectivity index (χ3v) is 3.62. The number of methoxy groups -OCH3 is 4. The van der Waals surface area contributed by atoms with E-state index in [2.05, 4.69) is 0 Å². The molecule has 0 saturated carbocycles. The molecule has 0 fully saturated rings. The van der Waals surface area contributed by atoms with E-state index in [0.29, 0.717) is 0 Å². The summed E-state index contributed by atoms with van der Waals surface area (Å²) in [7, 11) is -2.90. The first-order valence-corrected chi connectivity index (χ1v) is 8.16. The summed E-state index contributed by atoms with van der Waals surface area (Å²) in [5.41, 5.74) is 0.483. The number of ketones is 2. The van der Waals surface area contributed by atoms with Gasteiger partial charge in [0.05, 0.1) is 45.7 Å². The highest BCUT2D eigenvalue weighted by molar-refractivity contribution is 6.10. The van der Waals surface area contributed by atoms with Crippen LogP contribution < -0.4 is 18.9 Å². The molecule has 6 heteroatoms. The quantitative estimate of drug-likeness (QED) is 0.440. The second-order valence-corrected chi connectivity index (χ2v) is 5.47. The molecule has 0 aromatic heterocycles. The largest absolute Gasteiger partial charge is 0.493 e. The van der Waals surface area contributed by atoms with Crippen molar-refractivity contribution in [1.82, 2.24) is 0 Å². The molecule has 0 bridgehead atoms. The molecule has 0 radical (unpaired) electrons. The Morgan fingerprint density at radius 3 is 1.66 bits per heavy atom. The molecule has 2 rings (SSSR count). The van der Waals surface area contributed by atoms with Crippen molar-refractivity contribution in [1.29, 1.82) is 0 Å². The van der Waals surface area contributed by atoms with Gasteiger partial charge in [0, 0.05) is 1.37 Å². The molecule has 0 heterocycles. The van der Waals surface area contributed by atoms with Crippen molar-refractivity contribution < 1.29 is 40.9 Å². The molecule has 2 aromatic carbocycles. The molecule has 0 saturated heterocycles. The molecule has 0 aliphatic heterocycles. The van der Waals surface area contributed by atoms with Gasteiger partial charge in [-0.25, -0.2) is 0 Å². The van der Waals surface area contributed by atoms with Crippen LogP contribution in [0.1, 0.15) is 29.9 Å². The van der Waals surface area contributed by atoms with Crippen LogP contribution >= 0.6 is 0 Å². The number of hydrogen-bond donors (Lipinski definition) is 0. The number of rotatable bonds is 10. The van der Waals surface area contributed by atoms with Gasteiger partial charge < -0.3 is 18.9 Å². The Kier molecular flexibility index (Phi) is 4.47. The van der Waals surface area contributed by atoms with E-state index in [1.807, 2.05) is 0 Å². The highest BCUT2D eigenvalue weighted by Gasteiger charge is 2.07. The van der Waals surface area contributed by atoms with Crippen LogP contribution in [-0.4, -0.2) is 39.9 Å². The van der Waals surface area contributed by atoms with E-state index in [-0.39, 0.29) is 34.1 Å². The monoisotopic (exact) mass is 405 g/mol. The first-order chi connectivity index (χ1) is 17.5. The molecule has 0 amide bonds. The number of hydrogen-bond acceptors (Lipinski definition) is 6. The van der Waals surface area contributed by atoms with Gasteiger partial charge in [0.1, 0.15) is 0 Å². The van der Waals surface area contributed by atoms with Crippen molar-refractivity contribution in [3.05, 3.63) is 59.6 Å². The molecular formula is C23H24O6. The molecular weight excluding hydrogens is 372 g/mol. The lowest BCUT2D eigenvalue weighted by Crippen LogP contribution is -2.02. The maximum absolute atomic E-state index is 12.5. The normalized spacial score (nSPS) is 18.1. The van der Waals surface area contributed by atoms with Gasteiger partial charge in [-0.3, -0.25) is 9.59 Å². The average molecular weight is 405 g/mol. The second-order valence-electron chi connectivity index (χ2n) is 5.47. The van der Waals surface area contributed by atoms with E-state index in [1.165, 1.54) is 50.6 Å². The Bertz CT molecular complexity index is 1150. The lowest BCUT2D eigenvalue weighted by molar-refractivity contribution is -0.121. The van der Waals surface area contributed by atoms with Gasteiger partial charge >= 0.3 is 0 Å². The van der Waals surface area contributed by atoms with Gasteiger partial charge in [-0.1, -0.05) is 24.3 Å². The minimum atomic E-state index is -2.72. The molecule has 152 valence electrons. The highest BCUT2D eigenvalue weighted by Crippen LogP contribution is 2.28. The first-order valence-electron chi connectivity index (χ1n) is 12.7. The van der Waals surface area contributed by atoms with Crippen LogP contribution in [0.4, 0.5) is 0 Å². The van der Waals surface area contributed by atoms with Crippen LogP contribution in [0.2, 0.25) is 0 Å². The van der Waals surface area contributed by atoms with Crippen LogP contribution in [0.15, 0.2) is 48.5 Å². The summed E-state index contributed by atoms with van der Waals surface area (Å²) in [6.45, 7) is 0. The average Bonchev–Trinajstić information content (AvgIpc) is 2.82. The van der Waals surface area contributed by atoms with Crippen LogP contribution in [0, 0.1) is 0 Å². The van der Waals surface area contributed by atoms with Crippen molar-refractivity contribution in [2.75, 3.05) is 28.3 Å². The van der Waals surface area contributed by atoms with Crippen LogP contribution in [0.5, 0.6) is 23.0 Å². The van der Waals surface area contributed by atoms with E-state index in [9.17, 15) is 9.59 Å². The fraction of sp³-hybridized carbons (Fsp3) is 0.217. The minimum absolute atomic E-state index is 0.0238. The Labute approximate surface area is 183 Å². The van der Waals surface area contributed by atoms with Gasteiger partial charge in [-0.2, -0.15) is 0 Å². The number of carbonyl (C=O) groups is 2. The molecule has 2 aromatic rings. The number of allylic oxidation sites excluding steroid dienone is 2. The molecule has 0 spiro atoms. The topological polar surface area (TPSA) is 71.1 Å². The van der Waals surface area contributed by atoms with E-state index < -0.39 is 44.1 Å². The molecule has 0 unspecified atom stereocenters. The van der Waals surface area contributed by atoms with Crippen LogP contribution in [0.25, 0.3) is 12.2 Å². The van der Waals surface area contributed by atoms with Gasteiger partial charge in [-0.05, 0) is 47.5 Å². The standard InChI is InChI=1S/C23H24O6/c1-26-20-11-7-16(13-22(20)28-3)5-9-18(24)15-19(25)10-6-17-8-12-21(27-2)23(14-17)29-4/h5-14H,15H2,1-4H3/b9-5+,10-6+/i1D3,2D3,9D,10D,15D. The highest BCUT2D eigenvalue weighted by atomic mass is 16.5. The lowest BCUT2D eigenvalue weighted by atomic mass is 10.1. The van der Waals surface area contributed by atoms with Crippen molar-refractivity contribution >= 4 is 23.7 Å². The fourth-order valence-corrected chi connectivity index (χ4v) is 2.23. The molecule has 0 aliphatic carbocycles.